The van der Waals surface area contributed by atoms with E-state index in [4.69, 9.17) is 4.52 Å². The quantitative estimate of drug-likeness (QED) is 0.709. The van der Waals surface area contributed by atoms with Crippen molar-refractivity contribution in [2.24, 2.45) is 5.92 Å². The van der Waals surface area contributed by atoms with Gasteiger partial charge in [-0.15, -0.1) is 0 Å². The maximum Gasteiger partial charge on any atom is 0.259 e. The van der Waals surface area contributed by atoms with Gasteiger partial charge in [-0.05, 0) is 45.2 Å². The molecule has 1 N–H and O–H groups in total. The Morgan fingerprint density at radius 2 is 2.14 bits per heavy atom. The van der Waals surface area contributed by atoms with Gasteiger partial charge in [0.1, 0.15) is 0 Å². The largest absolute Gasteiger partial charge is 0.350 e. The fourth-order valence-corrected chi connectivity index (χ4v) is 4.12. The first-order chi connectivity index (χ1) is 14.0. The number of benzene rings is 1. The number of nitrogens with one attached hydrogen (secondary N) is 1. The minimum absolute atomic E-state index is 0.113. The Balaban J connectivity index is 1.57. The van der Waals surface area contributed by atoms with Crippen LogP contribution in [0.3, 0.4) is 0 Å². The maximum absolute atomic E-state index is 13.1. The van der Waals surface area contributed by atoms with Crippen molar-refractivity contribution >= 4 is 17.0 Å². The normalized spacial score (nSPS) is 18.7. The zero-order valence-electron chi connectivity index (χ0n) is 17.3. The topological polar surface area (TPSA) is 71.3 Å². The number of pyridine rings is 1. The van der Waals surface area contributed by atoms with Crippen molar-refractivity contribution in [3.8, 4) is 11.3 Å². The van der Waals surface area contributed by atoms with Gasteiger partial charge in [-0.1, -0.05) is 42.4 Å². The molecular weight excluding hydrogens is 364 g/mol. The second-order valence-corrected chi connectivity index (χ2v) is 8.17. The molecule has 1 amide bonds. The molecule has 3 aromatic rings. The number of nitrogens with zero attached hydrogens (tertiary/aromatic N) is 3. The number of amides is 1. The number of hydrogen-bond donors (Lipinski definition) is 1. The van der Waals surface area contributed by atoms with Crippen molar-refractivity contribution in [3.63, 3.8) is 0 Å². The zero-order valence-corrected chi connectivity index (χ0v) is 17.3. The van der Waals surface area contributed by atoms with Crippen LogP contribution >= 0.6 is 0 Å². The van der Waals surface area contributed by atoms with Crippen LogP contribution in [-0.4, -0.2) is 46.6 Å². The Bertz CT molecular complexity index is 999. The summed E-state index contributed by atoms with van der Waals surface area (Å²) in [7, 11) is 0. The SMILES string of the molecule is Cc1noc2nc(-c3ccccc3)cc(C(=O)NCC(C)N3CCCC(C)C3)c12. The van der Waals surface area contributed by atoms with E-state index in [0.29, 0.717) is 40.6 Å². The van der Waals surface area contributed by atoms with Crippen molar-refractivity contribution in [1.82, 2.24) is 20.4 Å². The summed E-state index contributed by atoms with van der Waals surface area (Å²) >= 11 is 0. The van der Waals surface area contributed by atoms with Crippen LogP contribution in [0.15, 0.2) is 40.9 Å². The lowest BCUT2D eigenvalue weighted by molar-refractivity contribution is 0.0919. The standard InChI is InChI=1S/C23H28N4O2/c1-15-8-7-11-27(14-15)16(2)13-24-22(28)19-12-20(18-9-5-4-6-10-18)25-23-21(19)17(3)26-29-23/h4-6,9-10,12,15-16H,7-8,11,13-14H2,1-3H3,(H,24,28). The Kier molecular flexibility index (Phi) is 5.62. The van der Waals surface area contributed by atoms with Gasteiger partial charge < -0.3 is 9.84 Å². The van der Waals surface area contributed by atoms with E-state index in [1.807, 2.05) is 43.3 Å². The van der Waals surface area contributed by atoms with Gasteiger partial charge >= 0.3 is 0 Å². The minimum atomic E-state index is -0.113. The fraction of sp³-hybridized carbons (Fsp3) is 0.435. The Morgan fingerprint density at radius 1 is 1.34 bits per heavy atom. The molecule has 2 unspecified atom stereocenters. The molecule has 6 heteroatoms. The highest BCUT2D eigenvalue weighted by molar-refractivity contribution is 6.07. The summed E-state index contributed by atoms with van der Waals surface area (Å²) in [5.41, 5.74) is 3.28. The summed E-state index contributed by atoms with van der Waals surface area (Å²) in [6.45, 7) is 9.12. The van der Waals surface area contributed by atoms with E-state index in [1.165, 1.54) is 12.8 Å². The Morgan fingerprint density at radius 3 is 2.90 bits per heavy atom. The average molecular weight is 393 g/mol. The van der Waals surface area contributed by atoms with E-state index in [1.54, 1.807) is 0 Å². The first-order valence-electron chi connectivity index (χ1n) is 10.4. The van der Waals surface area contributed by atoms with Gasteiger partial charge in [0.05, 0.1) is 22.3 Å². The van der Waals surface area contributed by atoms with Crippen molar-refractivity contribution < 1.29 is 9.32 Å². The summed E-state index contributed by atoms with van der Waals surface area (Å²) < 4.78 is 5.38. The minimum Gasteiger partial charge on any atom is -0.350 e. The second-order valence-electron chi connectivity index (χ2n) is 8.17. The molecule has 2 aromatic heterocycles. The predicted molar refractivity (Wildman–Crippen MR) is 114 cm³/mol. The fourth-order valence-electron chi connectivity index (χ4n) is 4.12. The number of rotatable bonds is 5. The summed E-state index contributed by atoms with van der Waals surface area (Å²) in [5, 5.41) is 7.83. The molecule has 4 rings (SSSR count). The molecule has 152 valence electrons. The molecule has 0 bridgehead atoms. The van der Waals surface area contributed by atoms with Crippen LogP contribution in [0.1, 0.15) is 42.7 Å². The molecule has 1 aliphatic heterocycles. The molecule has 6 nitrogen and oxygen atoms in total. The molecule has 2 atom stereocenters. The molecule has 1 aliphatic rings. The van der Waals surface area contributed by atoms with E-state index in [9.17, 15) is 4.79 Å². The van der Waals surface area contributed by atoms with E-state index in [-0.39, 0.29) is 5.91 Å². The van der Waals surface area contributed by atoms with Gasteiger partial charge in [0.15, 0.2) is 0 Å². The Hall–Kier alpha value is -2.73. The third-order valence-electron chi connectivity index (χ3n) is 5.80. The third-order valence-corrected chi connectivity index (χ3v) is 5.80. The molecular formula is C23H28N4O2. The molecule has 1 aromatic carbocycles. The molecule has 0 spiro atoms. The summed E-state index contributed by atoms with van der Waals surface area (Å²) in [5.74, 6) is 0.604. The van der Waals surface area contributed by atoms with Crippen LogP contribution < -0.4 is 5.32 Å². The highest BCUT2D eigenvalue weighted by Crippen LogP contribution is 2.27. The van der Waals surface area contributed by atoms with Crippen molar-refractivity contribution in [1.29, 1.82) is 0 Å². The molecule has 0 saturated carbocycles. The molecule has 0 aliphatic carbocycles. The monoisotopic (exact) mass is 392 g/mol. The zero-order chi connectivity index (χ0) is 20.4. The highest BCUT2D eigenvalue weighted by Gasteiger charge is 2.23. The van der Waals surface area contributed by atoms with Crippen molar-refractivity contribution in [3.05, 3.63) is 47.7 Å². The molecule has 0 radical (unpaired) electrons. The van der Waals surface area contributed by atoms with E-state index in [0.717, 1.165) is 24.6 Å². The number of carbonyl (C=O) groups excluding carboxylic acids is 1. The van der Waals surface area contributed by atoms with E-state index >= 15 is 0 Å². The number of fused-ring (bicyclic) bond motifs is 1. The summed E-state index contributed by atoms with van der Waals surface area (Å²) in [6, 6.07) is 11.9. The van der Waals surface area contributed by atoms with Crippen LogP contribution in [0, 0.1) is 12.8 Å². The molecule has 29 heavy (non-hydrogen) atoms. The van der Waals surface area contributed by atoms with Crippen LogP contribution in [0.5, 0.6) is 0 Å². The first kappa shape index (κ1) is 19.6. The highest BCUT2D eigenvalue weighted by atomic mass is 16.5. The van der Waals surface area contributed by atoms with Crippen molar-refractivity contribution in [2.75, 3.05) is 19.6 Å². The second kappa shape index (κ2) is 8.33. The number of hydrogen-bond acceptors (Lipinski definition) is 5. The van der Waals surface area contributed by atoms with Crippen molar-refractivity contribution in [2.45, 2.75) is 39.7 Å². The predicted octanol–water partition coefficient (Wildman–Crippen LogP) is 4.05. The van der Waals surface area contributed by atoms with Crippen LogP contribution in [-0.2, 0) is 0 Å². The van der Waals surface area contributed by atoms with Gasteiger partial charge in [-0.25, -0.2) is 4.98 Å². The van der Waals surface area contributed by atoms with E-state index < -0.39 is 0 Å². The van der Waals surface area contributed by atoms with Crippen LogP contribution in [0.4, 0.5) is 0 Å². The summed E-state index contributed by atoms with van der Waals surface area (Å²) in [4.78, 5) is 20.2. The number of likely N-dealkylation sites (tertiary alicyclic amines) is 1. The first-order valence-corrected chi connectivity index (χ1v) is 10.4. The lowest BCUT2D eigenvalue weighted by Gasteiger charge is -2.35. The number of piperidine rings is 1. The number of aryl methyl sites for hydroxylation is 1. The smallest absolute Gasteiger partial charge is 0.259 e. The van der Waals surface area contributed by atoms with Gasteiger partial charge in [-0.2, -0.15) is 0 Å². The van der Waals surface area contributed by atoms with Gasteiger partial charge in [0, 0.05) is 24.7 Å². The lowest BCUT2D eigenvalue weighted by atomic mass is 9.99. The van der Waals surface area contributed by atoms with E-state index in [2.05, 4.69) is 34.2 Å². The average Bonchev–Trinajstić information content (AvgIpc) is 3.12. The van der Waals surface area contributed by atoms with Gasteiger partial charge in [0.25, 0.3) is 11.6 Å². The lowest BCUT2D eigenvalue weighted by Crippen LogP contribution is -2.46. The number of aromatic nitrogens is 2. The van der Waals surface area contributed by atoms with Crippen LogP contribution in [0.25, 0.3) is 22.4 Å². The van der Waals surface area contributed by atoms with Gasteiger partial charge in [0.2, 0.25) is 0 Å². The third kappa shape index (κ3) is 4.17. The molecule has 1 fully saturated rings. The van der Waals surface area contributed by atoms with Gasteiger partial charge in [-0.3, -0.25) is 9.69 Å². The number of carbonyl (C=O) groups is 1. The van der Waals surface area contributed by atoms with Crippen LogP contribution in [0.2, 0.25) is 0 Å². The Labute approximate surface area is 171 Å². The summed E-state index contributed by atoms with van der Waals surface area (Å²) in [6.07, 6.45) is 2.52. The maximum atomic E-state index is 13.1. The molecule has 3 heterocycles. The molecule has 1 saturated heterocycles.